The highest BCUT2D eigenvalue weighted by Crippen LogP contribution is 2.36. The minimum Gasteiger partial charge on any atom is -0.465 e. The molecule has 1 N–H and O–H groups in total. The van der Waals surface area contributed by atoms with Gasteiger partial charge in [-0.05, 0) is 22.0 Å². The van der Waals surface area contributed by atoms with Crippen molar-refractivity contribution in [3.63, 3.8) is 0 Å². The van der Waals surface area contributed by atoms with Gasteiger partial charge in [0.2, 0.25) is 0 Å². The molecule has 5 nitrogen and oxygen atoms in total. The molecule has 2 unspecified atom stereocenters. The van der Waals surface area contributed by atoms with Gasteiger partial charge in [0.25, 0.3) is 0 Å². The summed E-state index contributed by atoms with van der Waals surface area (Å²) in [6, 6.07) is 2.34. The molecule has 2 fully saturated rings. The minimum atomic E-state index is -0.813. The van der Waals surface area contributed by atoms with E-state index in [-0.39, 0.29) is 0 Å². The van der Waals surface area contributed by atoms with Crippen molar-refractivity contribution in [3.8, 4) is 0 Å². The van der Waals surface area contributed by atoms with Crippen LogP contribution in [0.4, 0.5) is 10.5 Å². The molecular weight excluding hydrogens is 286 g/mol. The molecule has 3 heterocycles. The smallest absolute Gasteiger partial charge is 0.407 e. The molecule has 3 rings (SSSR count). The normalized spacial score (nSPS) is 26.6. The topological polar surface area (TPSA) is 56.7 Å². The van der Waals surface area contributed by atoms with Gasteiger partial charge in [0.05, 0.1) is 17.9 Å². The number of hydrogen-bond acceptors (Lipinski definition) is 3. The zero-order valence-corrected chi connectivity index (χ0v) is 10.7. The molecule has 90 valence electrons. The van der Waals surface area contributed by atoms with Crippen LogP contribution in [-0.2, 0) is 0 Å². The molecule has 1 aromatic heterocycles. The number of anilines is 1. The summed E-state index contributed by atoms with van der Waals surface area (Å²) < 4.78 is 0.950. The average molecular weight is 298 g/mol. The lowest BCUT2D eigenvalue weighted by molar-refractivity contribution is 0.155. The molecule has 0 aliphatic carbocycles. The lowest BCUT2D eigenvalue weighted by Gasteiger charge is -2.45. The number of pyridine rings is 1. The molecule has 2 atom stereocenters. The molecule has 1 aromatic rings. The summed E-state index contributed by atoms with van der Waals surface area (Å²) in [4.78, 5) is 18.8. The monoisotopic (exact) mass is 297 g/mol. The van der Waals surface area contributed by atoms with E-state index in [0.717, 1.165) is 16.7 Å². The summed E-state index contributed by atoms with van der Waals surface area (Å²) in [7, 11) is 0. The van der Waals surface area contributed by atoms with Gasteiger partial charge in [-0.2, -0.15) is 0 Å². The second-order valence-corrected chi connectivity index (χ2v) is 5.44. The second-order valence-electron chi connectivity index (χ2n) is 4.53. The molecular formula is C11H12BrN3O2. The van der Waals surface area contributed by atoms with Crippen LogP contribution in [0.15, 0.2) is 22.9 Å². The summed E-state index contributed by atoms with van der Waals surface area (Å²) in [5.74, 6) is 0.477. The fraction of sp³-hybridized carbons (Fsp3) is 0.455. The Bertz CT molecular complexity index is 468. The minimum absolute atomic E-state index is 0.321. The first-order valence-electron chi connectivity index (χ1n) is 5.50. The van der Waals surface area contributed by atoms with Crippen LogP contribution in [0.5, 0.6) is 0 Å². The Hall–Kier alpha value is -1.30. The number of likely N-dealkylation sites (tertiary alicyclic amines) is 1. The summed E-state index contributed by atoms with van der Waals surface area (Å²) in [5, 5.41) is 8.97. The van der Waals surface area contributed by atoms with Crippen molar-refractivity contribution in [2.75, 3.05) is 24.5 Å². The Kier molecular flexibility index (Phi) is 2.47. The van der Waals surface area contributed by atoms with Gasteiger partial charge in [-0.3, -0.25) is 4.98 Å². The van der Waals surface area contributed by atoms with Crippen LogP contribution in [0.3, 0.4) is 0 Å². The Morgan fingerprint density at radius 3 is 2.94 bits per heavy atom. The molecule has 0 spiro atoms. The Morgan fingerprint density at radius 2 is 2.24 bits per heavy atom. The van der Waals surface area contributed by atoms with Gasteiger partial charge in [0.1, 0.15) is 0 Å². The first-order chi connectivity index (χ1) is 8.15. The average Bonchev–Trinajstić information content (AvgIpc) is 2.57. The Labute approximate surface area is 107 Å². The van der Waals surface area contributed by atoms with E-state index in [4.69, 9.17) is 5.11 Å². The van der Waals surface area contributed by atoms with Crippen molar-refractivity contribution >= 4 is 27.7 Å². The van der Waals surface area contributed by atoms with E-state index in [2.05, 4.69) is 25.8 Å². The SMILES string of the molecule is O=C(O)N1CC2CN(c3cncc(Br)c3)C2C1. The first kappa shape index (κ1) is 10.8. The summed E-state index contributed by atoms with van der Waals surface area (Å²) >= 11 is 3.40. The zero-order chi connectivity index (χ0) is 12.0. The third kappa shape index (κ3) is 1.76. The zero-order valence-electron chi connectivity index (χ0n) is 9.08. The van der Waals surface area contributed by atoms with Gasteiger partial charge in [-0.1, -0.05) is 0 Å². The number of fused-ring (bicyclic) bond motifs is 1. The van der Waals surface area contributed by atoms with Crippen LogP contribution >= 0.6 is 15.9 Å². The van der Waals surface area contributed by atoms with Crippen LogP contribution < -0.4 is 4.90 Å². The summed E-state index contributed by atoms with van der Waals surface area (Å²) in [6.45, 7) is 2.19. The van der Waals surface area contributed by atoms with Gasteiger partial charge in [-0.15, -0.1) is 0 Å². The maximum absolute atomic E-state index is 10.9. The van der Waals surface area contributed by atoms with Crippen molar-refractivity contribution in [1.29, 1.82) is 0 Å². The van der Waals surface area contributed by atoms with Crippen LogP contribution in [0.2, 0.25) is 0 Å². The number of carbonyl (C=O) groups is 1. The van der Waals surface area contributed by atoms with Gasteiger partial charge in [0, 0.05) is 36.2 Å². The van der Waals surface area contributed by atoms with E-state index >= 15 is 0 Å². The van der Waals surface area contributed by atoms with Crippen molar-refractivity contribution in [3.05, 3.63) is 22.9 Å². The number of aromatic nitrogens is 1. The highest BCUT2D eigenvalue weighted by atomic mass is 79.9. The van der Waals surface area contributed by atoms with E-state index in [1.807, 2.05) is 12.3 Å². The molecule has 0 bridgehead atoms. The van der Waals surface area contributed by atoms with Gasteiger partial charge in [0.15, 0.2) is 0 Å². The highest BCUT2D eigenvalue weighted by molar-refractivity contribution is 9.10. The Morgan fingerprint density at radius 1 is 1.41 bits per heavy atom. The third-order valence-electron chi connectivity index (χ3n) is 3.53. The molecule has 2 aliphatic rings. The van der Waals surface area contributed by atoms with Crippen LogP contribution in [0, 0.1) is 5.92 Å². The predicted octanol–water partition coefficient (Wildman–Crippen LogP) is 1.64. The van der Waals surface area contributed by atoms with E-state index in [0.29, 0.717) is 25.0 Å². The number of halogens is 1. The second kappa shape index (κ2) is 3.87. The quantitative estimate of drug-likeness (QED) is 0.856. The number of rotatable bonds is 1. The molecule has 0 saturated carbocycles. The molecule has 1 amide bonds. The maximum atomic E-state index is 10.9. The predicted molar refractivity (Wildman–Crippen MR) is 66.2 cm³/mol. The number of hydrogen-bond donors (Lipinski definition) is 1. The van der Waals surface area contributed by atoms with Crippen molar-refractivity contribution in [2.45, 2.75) is 6.04 Å². The lowest BCUT2D eigenvalue weighted by Crippen LogP contribution is -2.55. The van der Waals surface area contributed by atoms with Crippen molar-refractivity contribution < 1.29 is 9.90 Å². The fourth-order valence-electron chi connectivity index (χ4n) is 2.65. The molecule has 17 heavy (non-hydrogen) atoms. The molecule has 0 aromatic carbocycles. The van der Waals surface area contributed by atoms with Gasteiger partial charge in [-0.25, -0.2) is 4.79 Å². The third-order valence-corrected chi connectivity index (χ3v) is 3.96. The lowest BCUT2D eigenvalue weighted by atomic mass is 9.91. The first-order valence-corrected chi connectivity index (χ1v) is 6.29. The van der Waals surface area contributed by atoms with Crippen LogP contribution in [0.25, 0.3) is 0 Å². The van der Waals surface area contributed by atoms with Crippen LogP contribution in [0.1, 0.15) is 0 Å². The molecule has 0 radical (unpaired) electrons. The number of carboxylic acid groups (broad SMARTS) is 1. The van der Waals surface area contributed by atoms with Gasteiger partial charge < -0.3 is 14.9 Å². The Balaban J connectivity index is 1.75. The maximum Gasteiger partial charge on any atom is 0.407 e. The standard InChI is InChI=1S/C11H12BrN3O2/c12-8-1-9(3-13-2-8)15-5-7-4-14(11(16)17)6-10(7)15/h1-3,7,10H,4-6H2,(H,16,17). The van der Waals surface area contributed by atoms with E-state index in [9.17, 15) is 4.79 Å². The van der Waals surface area contributed by atoms with Crippen molar-refractivity contribution in [1.82, 2.24) is 9.88 Å². The number of nitrogens with zero attached hydrogens (tertiary/aromatic N) is 3. The summed E-state index contributed by atoms with van der Waals surface area (Å²) in [6.07, 6.45) is 2.76. The molecule has 2 saturated heterocycles. The van der Waals surface area contributed by atoms with E-state index in [1.54, 1.807) is 6.20 Å². The highest BCUT2D eigenvalue weighted by Gasteiger charge is 2.47. The van der Waals surface area contributed by atoms with Crippen LogP contribution in [-0.4, -0.2) is 46.8 Å². The summed E-state index contributed by atoms with van der Waals surface area (Å²) in [5.41, 5.74) is 1.06. The van der Waals surface area contributed by atoms with Crippen molar-refractivity contribution in [2.24, 2.45) is 5.92 Å². The molecule has 6 heteroatoms. The van der Waals surface area contributed by atoms with Gasteiger partial charge >= 0.3 is 6.09 Å². The van der Waals surface area contributed by atoms with E-state index in [1.165, 1.54) is 4.90 Å². The van der Waals surface area contributed by atoms with E-state index < -0.39 is 6.09 Å². The fourth-order valence-corrected chi connectivity index (χ4v) is 3.00. The number of amides is 1. The largest absolute Gasteiger partial charge is 0.465 e. The molecule has 2 aliphatic heterocycles.